The standard InChI is InChI=1S/C19H24N2O4/c1-14-4-2-3-5-18(14)25-13-16(22)12-21-10-11-24-17-8-6-15(7-9-17)19(20)23/h2-9,16,21-22H,10-13H2,1H3,(H2,20,23)/t16-/m1/s1. The lowest BCUT2D eigenvalue weighted by Crippen LogP contribution is -2.33. The maximum atomic E-state index is 11.0. The largest absolute Gasteiger partial charge is 0.492 e. The van der Waals surface area contributed by atoms with Gasteiger partial charge in [-0.25, -0.2) is 0 Å². The van der Waals surface area contributed by atoms with Crippen molar-refractivity contribution in [2.75, 3.05) is 26.3 Å². The fourth-order valence-electron chi connectivity index (χ4n) is 2.19. The van der Waals surface area contributed by atoms with E-state index >= 15 is 0 Å². The van der Waals surface area contributed by atoms with Gasteiger partial charge < -0.3 is 25.6 Å². The number of hydrogen-bond donors (Lipinski definition) is 3. The fourth-order valence-corrected chi connectivity index (χ4v) is 2.19. The van der Waals surface area contributed by atoms with Crippen LogP contribution in [0.4, 0.5) is 0 Å². The summed E-state index contributed by atoms with van der Waals surface area (Å²) in [6.45, 7) is 3.64. The first-order valence-electron chi connectivity index (χ1n) is 8.16. The molecule has 0 heterocycles. The molecule has 0 spiro atoms. The van der Waals surface area contributed by atoms with Crippen LogP contribution < -0.4 is 20.5 Å². The molecule has 6 nitrogen and oxygen atoms in total. The number of aliphatic hydroxyl groups is 1. The molecule has 0 aromatic heterocycles. The average Bonchev–Trinajstić information content (AvgIpc) is 2.61. The molecule has 1 atom stereocenters. The third-order valence-corrected chi connectivity index (χ3v) is 3.59. The molecule has 0 unspecified atom stereocenters. The minimum absolute atomic E-state index is 0.229. The number of benzene rings is 2. The molecule has 2 aromatic carbocycles. The monoisotopic (exact) mass is 344 g/mol. The predicted molar refractivity (Wildman–Crippen MR) is 96.0 cm³/mol. The zero-order valence-corrected chi connectivity index (χ0v) is 14.3. The van der Waals surface area contributed by atoms with Gasteiger partial charge in [-0.2, -0.15) is 0 Å². The van der Waals surface area contributed by atoms with Crippen LogP contribution in [0.2, 0.25) is 0 Å². The Morgan fingerprint density at radius 2 is 1.88 bits per heavy atom. The number of carbonyl (C=O) groups is 1. The Bertz CT molecular complexity index is 673. The topological polar surface area (TPSA) is 93.8 Å². The van der Waals surface area contributed by atoms with E-state index in [-0.39, 0.29) is 6.61 Å². The number of aryl methyl sites for hydroxylation is 1. The second-order valence-corrected chi connectivity index (χ2v) is 5.67. The van der Waals surface area contributed by atoms with Gasteiger partial charge in [0.2, 0.25) is 5.91 Å². The molecule has 0 aliphatic rings. The molecule has 0 fully saturated rings. The van der Waals surface area contributed by atoms with Crippen molar-refractivity contribution in [2.24, 2.45) is 5.73 Å². The normalized spacial score (nSPS) is 11.8. The van der Waals surface area contributed by atoms with Crippen LogP contribution in [-0.4, -0.2) is 43.4 Å². The van der Waals surface area contributed by atoms with Crippen LogP contribution in [0, 0.1) is 6.92 Å². The second-order valence-electron chi connectivity index (χ2n) is 5.67. The number of nitrogens with one attached hydrogen (secondary N) is 1. The van der Waals surface area contributed by atoms with Crippen molar-refractivity contribution in [3.63, 3.8) is 0 Å². The van der Waals surface area contributed by atoms with Gasteiger partial charge in [-0.05, 0) is 42.8 Å². The van der Waals surface area contributed by atoms with E-state index in [0.29, 0.717) is 31.0 Å². The van der Waals surface area contributed by atoms with E-state index < -0.39 is 12.0 Å². The Morgan fingerprint density at radius 3 is 2.56 bits per heavy atom. The molecule has 2 rings (SSSR count). The van der Waals surface area contributed by atoms with Crippen LogP contribution in [0.1, 0.15) is 15.9 Å². The molecule has 6 heteroatoms. The van der Waals surface area contributed by atoms with E-state index in [2.05, 4.69) is 5.32 Å². The molecule has 1 amide bonds. The van der Waals surface area contributed by atoms with Crippen molar-refractivity contribution in [1.29, 1.82) is 0 Å². The maximum absolute atomic E-state index is 11.0. The van der Waals surface area contributed by atoms with Crippen LogP contribution in [-0.2, 0) is 0 Å². The highest BCUT2D eigenvalue weighted by Gasteiger charge is 2.06. The molecular weight excluding hydrogens is 320 g/mol. The lowest BCUT2D eigenvalue weighted by molar-refractivity contribution is 0.1000. The van der Waals surface area contributed by atoms with Gasteiger partial charge in [-0.15, -0.1) is 0 Å². The fraction of sp³-hybridized carbons (Fsp3) is 0.316. The van der Waals surface area contributed by atoms with Crippen molar-refractivity contribution in [2.45, 2.75) is 13.0 Å². The smallest absolute Gasteiger partial charge is 0.248 e. The average molecular weight is 344 g/mol. The van der Waals surface area contributed by atoms with Gasteiger partial charge >= 0.3 is 0 Å². The summed E-state index contributed by atoms with van der Waals surface area (Å²) in [5.41, 5.74) is 6.66. The van der Waals surface area contributed by atoms with Crippen molar-refractivity contribution >= 4 is 5.91 Å². The van der Waals surface area contributed by atoms with Gasteiger partial charge in [0.1, 0.15) is 30.8 Å². The molecule has 25 heavy (non-hydrogen) atoms. The van der Waals surface area contributed by atoms with Crippen molar-refractivity contribution in [3.05, 3.63) is 59.7 Å². The molecular formula is C19H24N2O4. The Kier molecular flexibility index (Phi) is 7.25. The SMILES string of the molecule is Cc1ccccc1OC[C@H](O)CNCCOc1ccc(C(N)=O)cc1. The lowest BCUT2D eigenvalue weighted by atomic mass is 10.2. The molecule has 134 valence electrons. The summed E-state index contributed by atoms with van der Waals surface area (Å²) in [4.78, 5) is 11.0. The molecule has 2 aromatic rings. The van der Waals surface area contributed by atoms with Crippen molar-refractivity contribution in [3.8, 4) is 11.5 Å². The van der Waals surface area contributed by atoms with Gasteiger partial charge in [-0.1, -0.05) is 18.2 Å². The summed E-state index contributed by atoms with van der Waals surface area (Å²) in [5, 5.41) is 13.0. The third-order valence-electron chi connectivity index (χ3n) is 3.59. The molecule has 0 bridgehead atoms. The van der Waals surface area contributed by atoms with Crippen LogP contribution in [0.3, 0.4) is 0 Å². The Morgan fingerprint density at radius 1 is 1.16 bits per heavy atom. The highest BCUT2D eigenvalue weighted by atomic mass is 16.5. The lowest BCUT2D eigenvalue weighted by Gasteiger charge is -2.14. The summed E-state index contributed by atoms with van der Waals surface area (Å²) < 4.78 is 11.1. The van der Waals surface area contributed by atoms with Crippen LogP contribution in [0.5, 0.6) is 11.5 Å². The van der Waals surface area contributed by atoms with E-state index in [1.54, 1.807) is 24.3 Å². The van der Waals surface area contributed by atoms with E-state index in [4.69, 9.17) is 15.2 Å². The van der Waals surface area contributed by atoms with Gasteiger partial charge in [0.15, 0.2) is 0 Å². The zero-order valence-electron chi connectivity index (χ0n) is 14.3. The van der Waals surface area contributed by atoms with Crippen LogP contribution in [0.15, 0.2) is 48.5 Å². The van der Waals surface area contributed by atoms with Gasteiger partial charge in [0, 0.05) is 18.7 Å². The summed E-state index contributed by atoms with van der Waals surface area (Å²) in [7, 11) is 0. The van der Waals surface area contributed by atoms with Crippen molar-refractivity contribution < 1.29 is 19.4 Å². The predicted octanol–water partition coefficient (Wildman–Crippen LogP) is 1.50. The number of ether oxygens (including phenoxy) is 2. The summed E-state index contributed by atoms with van der Waals surface area (Å²) in [6.07, 6.45) is -0.602. The van der Waals surface area contributed by atoms with Gasteiger partial charge in [0.05, 0.1) is 0 Å². The first kappa shape index (κ1) is 18.8. The van der Waals surface area contributed by atoms with E-state index in [0.717, 1.165) is 11.3 Å². The Balaban J connectivity index is 1.59. The first-order chi connectivity index (χ1) is 12.1. The number of hydrogen-bond acceptors (Lipinski definition) is 5. The second kappa shape index (κ2) is 9.66. The molecule has 0 aliphatic heterocycles. The Hall–Kier alpha value is -2.57. The number of rotatable bonds is 10. The quantitative estimate of drug-likeness (QED) is 0.568. The summed E-state index contributed by atoms with van der Waals surface area (Å²) in [6, 6.07) is 14.3. The summed E-state index contributed by atoms with van der Waals surface area (Å²) in [5.74, 6) is 0.981. The minimum Gasteiger partial charge on any atom is -0.492 e. The number of nitrogens with two attached hydrogens (primary N) is 1. The molecule has 0 radical (unpaired) electrons. The molecule has 0 aliphatic carbocycles. The Labute approximate surface area is 147 Å². The zero-order chi connectivity index (χ0) is 18.1. The van der Waals surface area contributed by atoms with Gasteiger partial charge in [-0.3, -0.25) is 4.79 Å². The first-order valence-corrected chi connectivity index (χ1v) is 8.16. The highest BCUT2D eigenvalue weighted by Crippen LogP contribution is 2.16. The summed E-state index contributed by atoms with van der Waals surface area (Å²) >= 11 is 0. The van der Waals surface area contributed by atoms with Crippen LogP contribution >= 0.6 is 0 Å². The third kappa shape index (κ3) is 6.45. The van der Waals surface area contributed by atoms with E-state index in [1.165, 1.54) is 0 Å². The minimum atomic E-state index is -0.602. The van der Waals surface area contributed by atoms with Gasteiger partial charge in [0.25, 0.3) is 0 Å². The number of primary amides is 1. The molecule has 4 N–H and O–H groups in total. The number of carbonyl (C=O) groups excluding carboxylic acids is 1. The van der Waals surface area contributed by atoms with Crippen molar-refractivity contribution in [1.82, 2.24) is 5.32 Å². The number of para-hydroxylation sites is 1. The number of amides is 1. The highest BCUT2D eigenvalue weighted by molar-refractivity contribution is 5.92. The molecule has 0 saturated carbocycles. The van der Waals surface area contributed by atoms with E-state index in [1.807, 2.05) is 31.2 Å². The maximum Gasteiger partial charge on any atom is 0.248 e. The van der Waals surface area contributed by atoms with Crippen LogP contribution in [0.25, 0.3) is 0 Å². The number of aliphatic hydroxyl groups excluding tert-OH is 1. The molecule has 0 saturated heterocycles. The van der Waals surface area contributed by atoms with E-state index in [9.17, 15) is 9.90 Å².